The van der Waals surface area contributed by atoms with Gasteiger partial charge in [-0.1, -0.05) is 13.8 Å². The molecule has 2 aromatic carbocycles. The Morgan fingerprint density at radius 1 is 1.03 bits per heavy atom. The largest absolute Gasteiger partial charge is 0.497 e. The molecule has 186 valence electrons. The van der Waals surface area contributed by atoms with E-state index in [1.54, 1.807) is 13.8 Å². The number of benzene rings is 2. The number of β-amino-alcohol motifs (C(OH)–C–C–N with tert-alkyl or cyclic N) is 1. The van der Waals surface area contributed by atoms with Crippen LogP contribution in [-0.2, 0) is 24.8 Å². The van der Waals surface area contributed by atoms with Crippen LogP contribution < -0.4 is 10.1 Å². The van der Waals surface area contributed by atoms with Crippen LogP contribution in [-0.4, -0.2) is 75.3 Å². The molecule has 0 aliphatic carbocycles. The smallest absolute Gasteiger partial charge is 0.243 e. The first-order chi connectivity index (χ1) is 16.0. The molecule has 0 spiro atoms. The van der Waals surface area contributed by atoms with E-state index < -0.39 is 38.1 Å². The molecule has 1 aliphatic rings. The number of ether oxygens (including phenoxy) is 1. The third kappa shape index (κ3) is 5.26. The van der Waals surface area contributed by atoms with Gasteiger partial charge >= 0.3 is 0 Å². The number of rotatable bonds is 9. The molecule has 2 atom stereocenters. The van der Waals surface area contributed by atoms with E-state index in [-0.39, 0.29) is 22.8 Å². The Balaban J connectivity index is 1.79. The summed E-state index contributed by atoms with van der Waals surface area (Å²) in [6.07, 6.45) is -1.05. The summed E-state index contributed by atoms with van der Waals surface area (Å²) in [5, 5.41) is 12.8. The minimum atomic E-state index is -4.05. The number of hydrogen-bond donors (Lipinski definition) is 2. The van der Waals surface area contributed by atoms with Gasteiger partial charge < -0.3 is 15.2 Å². The van der Waals surface area contributed by atoms with Crippen molar-refractivity contribution in [2.24, 2.45) is 0 Å². The third-order valence-electron chi connectivity index (χ3n) is 5.67. The summed E-state index contributed by atoms with van der Waals surface area (Å²) >= 11 is 0. The van der Waals surface area contributed by atoms with Crippen LogP contribution in [0.1, 0.15) is 20.3 Å². The number of carbonyl (C=O) groups excluding carboxylic acids is 1. The maximum Gasteiger partial charge on any atom is 0.243 e. The topological polar surface area (TPSA) is 133 Å². The molecule has 0 saturated carbocycles. The SMILES string of the molecule is CCN(CC)S(=O)(=O)c1ccc(NC(=O)C2CC(O)CN2S(=O)(=O)c2ccc(OC)cc2)cc1. The Morgan fingerprint density at radius 2 is 1.59 bits per heavy atom. The Hall–Kier alpha value is -2.51. The van der Waals surface area contributed by atoms with Gasteiger partial charge in [-0.15, -0.1) is 0 Å². The van der Waals surface area contributed by atoms with Crippen LogP contribution in [0.5, 0.6) is 5.75 Å². The van der Waals surface area contributed by atoms with Crippen LogP contribution >= 0.6 is 0 Å². The molecule has 2 N–H and O–H groups in total. The number of carbonyl (C=O) groups is 1. The summed E-state index contributed by atoms with van der Waals surface area (Å²) < 4.78 is 58.9. The second-order valence-electron chi connectivity index (χ2n) is 7.76. The average molecular weight is 512 g/mol. The Labute approximate surface area is 200 Å². The van der Waals surface area contributed by atoms with Crippen molar-refractivity contribution >= 4 is 31.6 Å². The lowest BCUT2D eigenvalue weighted by atomic mass is 10.2. The van der Waals surface area contributed by atoms with Crippen molar-refractivity contribution in [3.05, 3.63) is 48.5 Å². The van der Waals surface area contributed by atoms with E-state index in [1.165, 1.54) is 59.9 Å². The van der Waals surface area contributed by atoms with Gasteiger partial charge in [-0.3, -0.25) is 4.79 Å². The van der Waals surface area contributed by atoms with Gasteiger partial charge in [0.05, 0.1) is 23.0 Å². The fourth-order valence-corrected chi connectivity index (χ4v) is 6.91. The zero-order valence-electron chi connectivity index (χ0n) is 19.2. The van der Waals surface area contributed by atoms with E-state index in [9.17, 15) is 26.7 Å². The number of aliphatic hydroxyl groups is 1. The van der Waals surface area contributed by atoms with E-state index in [4.69, 9.17) is 4.74 Å². The number of methoxy groups -OCH3 is 1. The third-order valence-corrected chi connectivity index (χ3v) is 9.62. The molecule has 1 amide bonds. The van der Waals surface area contributed by atoms with Gasteiger partial charge in [-0.25, -0.2) is 16.8 Å². The lowest BCUT2D eigenvalue weighted by Crippen LogP contribution is -2.43. The Kier molecular flexibility index (Phi) is 7.98. The van der Waals surface area contributed by atoms with E-state index in [0.717, 1.165) is 4.31 Å². The minimum absolute atomic E-state index is 0.0221. The van der Waals surface area contributed by atoms with Crippen LogP contribution in [0, 0.1) is 0 Å². The predicted molar refractivity (Wildman–Crippen MR) is 126 cm³/mol. The van der Waals surface area contributed by atoms with Gasteiger partial charge in [0.25, 0.3) is 0 Å². The fraction of sp³-hybridized carbons (Fsp3) is 0.409. The predicted octanol–water partition coefficient (Wildman–Crippen LogP) is 1.49. The summed E-state index contributed by atoms with van der Waals surface area (Å²) in [7, 11) is -6.23. The highest BCUT2D eigenvalue weighted by molar-refractivity contribution is 7.89. The van der Waals surface area contributed by atoms with Crippen molar-refractivity contribution < 1.29 is 31.5 Å². The van der Waals surface area contributed by atoms with Crippen LogP contribution in [0.15, 0.2) is 58.3 Å². The number of aliphatic hydroxyl groups excluding tert-OH is 1. The van der Waals surface area contributed by atoms with Gasteiger partial charge in [-0.2, -0.15) is 8.61 Å². The quantitative estimate of drug-likeness (QED) is 0.521. The average Bonchev–Trinajstić information content (AvgIpc) is 3.23. The summed E-state index contributed by atoms with van der Waals surface area (Å²) in [5.74, 6) is -0.130. The number of nitrogens with one attached hydrogen (secondary N) is 1. The molecule has 1 heterocycles. The van der Waals surface area contributed by atoms with Crippen LogP contribution in [0.25, 0.3) is 0 Å². The van der Waals surface area contributed by atoms with Gasteiger partial charge in [0.15, 0.2) is 0 Å². The standard InChI is InChI=1S/C22H29N3O7S2/c1-4-24(5-2)33(28,29)19-10-6-16(7-11-19)23-22(27)21-14-17(26)15-25(21)34(30,31)20-12-8-18(32-3)9-13-20/h6-13,17,21,26H,4-5,14-15H2,1-3H3,(H,23,27). The summed E-state index contributed by atoms with van der Waals surface area (Å²) in [6, 6.07) is 10.3. The molecule has 1 aliphatic heterocycles. The van der Waals surface area contributed by atoms with Crippen molar-refractivity contribution in [2.75, 3.05) is 32.1 Å². The maximum absolute atomic E-state index is 13.1. The molecule has 0 radical (unpaired) electrons. The first kappa shape index (κ1) is 26.1. The monoisotopic (exact) mass is 511 g/mol. The van der Waals surface area contributed by atoms with Crippen molar-refractivity contribution in [3.63, 3.8) is 0 Å². The van der Waals surface area contributed by atoms with Gasteiger partial charge in [0.2, 0.25) is 26.0 Å². The van der Waals surface area contributed by atoms with Crippen molar-refractivity contribution in [2.45, 2.75) is 42.2 Å². The molecule has 1 fully saturated rings. The van der Waals surface area contributed by atoms with Crippen molar-refractivity contribution in [3.8, 4) is 5.75 Å². The fourth-order valence-electron chi connectivity index (χ4n) is 3.82. The van der Waals surface area contributed by atoms with Gasteiger partial charge in [0.1, 0.15) is 11.8 Å². The van der Waals surface area contributed by atoms with Crippen LogP contribution in [0.2, 0.25) is 0 Å². The van der Waals surface area contributed by atoms with E-state index in [0.29, 0.717) is 24.5 Å². The molecule has 3 rings (SSSR count). The first-order valence-corrected chi connectivity index (χ1v) is 13.7. The second-order valence-corrected chi connectivity index (χ2v) is 11.6. The molecular weight excluding hydrogens is 482 g/mol. The zero-order chi connectivity index (χ0) is 25.1. The molecule has 34 heavy (non-hydrogen) atoms. The number of sulfonamides is 2. The molecule has 10 nitrogen and oxygen atoms in total. The summed E-state index contributed by atoms with van der Waals surface area (Å²) in [4.78, 5) is 13.0. The lowest BCUT2D eigenvalue weighted by molar-refractivity contribution is -0.119. The van der Waals surface area contributed by atoms with Gasteiger partial charge in [-0.05, 0) is 48.5 Å². The molecule has 2 aromatic rings. The first-order valence-electron chi connectivity index (χ1n) is 10.8. The summed E-state index contributed by atoms with van der Waals surface area (Å²) in [6.45, 7) is 3.95. The number of anilines is 1. The highest BCUT2D eigenvalue weighted by Gasteiger charge is 2.43. The van der Waals surface area contributed by atoms with E-state index in [2.05, 4.69) is 5.32 Å². The van der Waals surface area contributed by atoms with E-state index >= 15 is 0 Å². The summed E-state index contributed by atoms with van der Waals surface area (Å²) in [5.41, 5.74) is 0.312. The zero-order valence-corrected chi connectivity index (χ0v) is 20.8. The molecule has 12 heteroatoms. The van der Waals surface area contributed by atoms with Crippen molar-refractivity contribution in [1.82, 2.24) is 8.61 Å². The van der Waals surface area contributed by atoms with Crippen LogP contribution in [0.4, 0.5) is 5.69 Å². The highest BCUT2D eigenvalue weighted by atomic mass is 32.2. The number of nitrogens with zero attached hydrogens (tertiary/aromatic N) is 2. The number of hydrogen-bond acceptors (Lipinski definition) is 7. The Bertz CT molecular complexity index is 1210. The molecule has 0 bridgehead atoms. The van der Waals surface area contributed by atoms with Crippen LogP contribution in [0.3, 0.4) is 0 Å². The van der Waals surface area contributed by atoms with Gasteiger partial charge in [0, 0.05) is 31.7 Å². The lowest BCUT2D eigenvalue weighted by Gasteiger charge is -2.23. The highest BCUT2D eigenvalue weighted by Crippen LogP contribution is 2.28. The molecular formula is C22H29N3O7S2. The van der Waals surface area contributed by atoms with E-state index in [1.807, 2.05) is 0 Å². The second kappa shape index (κ2) is 10.4. The molecule has 0 aromatic heterocycles. The molecule has 2 unspecified atom stereocenters. The minimum Gasteiger partial charge on any atom is -0.497 e. The molecule has 1 saturated heterocycles. The normalized spacial score (nSPS) is 19.3. The van der Waals surface area contributed by atoms with Crippen molar-refractivity contribution in [1.29, 1.82) is 0 Å². The Morgan fingerprint density at radius 3 is 2.12 bits per heavy atom. The number of amides is 1. The maximum atomic E-state index is 13.1.